The van der Waals surface area contributed by atoms with Crippen LogP contribution in [0.4, 0.5) is 10.1 Å². The van der Waals surface area contributed by atoms with Gasteiger partial charge >= 0.3 is 5.97 Å². The summed E-state index contributed by atoms with van der Waals surface area (Å²) in [5, 5.41) is 5.49. The average molecular weight is 993 g/mol. The molecule has 15 nitrogen and oxygen atoms in total. The Hall–Kier alpha value is -5.37. The van der Waals surface area contributed by atoms with Crippen molar-refractivity contribution in [3.63, 3.8) is 0 Å². The normalized spacial score (nSPS) is 25.6. The molecule has 1 unspecified atom stereocenters. The summed E-state index contributed by atoms with van der Waals surface area (Å²) < 4.78 is 31.7. The Labute approximate surface area is 425 Å². The van der Waals surface area contributed by atoms with E-state index in [4.69, 9.17) is 14.5 Å². The zero-order valence-electron chi connectivity index (χ0n) is 44.2. The fraction of sp³-hybridized carbons (Fsp3) is 0.643. The first-order valence-corrected chi connectivity index (χ1v) is 26.4. The van der Waals surface area contributed by atoms with E-state index in [-0.39, 0.29) is 50.5 Å². The molecule has 1 aromatic carbocycles. The van der Waals surface area contributed by atoms with Crippen molar-refractivity contribution < 1.29 is 37.8 Å². The summed E-state index contributed by atoms with van der Waals surface area (Å²) in [6.07, 6.45) is 3.75. The van der Waals surface area contributed by atoms with Crippen LogP contribution in [0.1, 0.15) is 124 Å². The van der Waals surface area contributed by atoms with Crippen molar-refractivity contribution in [2.24, 2.45) is 17.3 Å². The van der Waals surface area contributed by atoms with E-state index in [1.165, 1.54) is 12.1 Å². The minimum atomic E-state index is -2.37. The fourth-order valence-corrected chi connectivity index (χ4v) is 11.6. The molecule has 0 spiro atoms. The Morgan fingerprint density at radius 2 is 1.82 bits per heavy atom. The Bertz CT molecular complexity index is 2610. The number of benzene rings is 1. The van der Waals surface area contributed by atoms with E-state index in [1.807, 2.05) is 26.1 Å². The Balaban J connectivity index is 1.08. The second-order valence-electron chi connectivity index (χ2n) is 22.9. The number of hydrogen-bond donors (Lipinski definition) is 2. The minimum Gasteiger partial charge on any atom is -0.464 e. The van der Waals surface area contributed by atoms with Crippen LogP contribution < -0.4 is 15.6 Å². The summed E-state index contributed by atoms with van der Waals surface area (Å²) >= 11 is 0. The summed E-state index contributed by atoms with van der Waals surface area (Å²) in [6.45, 7) is 22.5. The van der Waals surface area contributed by atoms with E-state index in [0.29, 0.717) is 39.0 Å². The molecule has 6 atom stereocenters. The molecule has 3 amide bonds. The number of nitrogens with one attached hydrogen (secondary N) is 2. The molecule has 8 rings (SSSR count). The molecule has 390 valence electrons. The summed E-state index contributed by atoms with van der Waals surface area (Å²) in [5.41, 5.74) is 6.22. The lowest BCUT2D eigenvalue weighted by Crippen LogP contribution is -2.63. The highest BCUT2D eigenvalue weighted by molar-refractivity contribution is 6.00. The smallest absolute Gasteiger partial charge is 0.324 e. The molecule has 2 N–H and O–H groups in total. The number of ketones is 1. The lowest BCUT2D eigenvalue weighted by Gasteiger charge is -2.41. The number of ether oxygens (including phenoxy) is 2. The summed E-state index contributed by atoms with van der Waals surface area (Å²) in [7, 11) is 1.41. The monoisotopic (exact) mass is 993 g/mol. The molecule has 6 heterocycles. The number of rotatable bonds is 10. The number of nitrogens with zero attached hydrogens (tertiary/aromatic N) is 6. The molecule has 3 aromatic rings. The number of pyridine rings is 1. The molecule has 6 bridgehead atoms. The van der Waals surface area contributed by atoms with E-state index >= 15 is 4.39 Å². The number of carbonyl (C=O) groups excluding carboxylic acids is 5. The van der Waals surface area contributed by atoms with Crippen LogP contribution in [-0.4, -0.2) is 142 Å². The van der Waals surface area contributed by atoms with E-state index in [1.54, 1.807) is 13.8 Å². The number of likely N-dealkylation sites (N-methyl/N-ethyl adjacent to an activating group) is 1. The topological polar surface area (TPSA) is 159 Å². The summed E-state index contributed by atoms with van der Waals surface area (Å²) in [4.78, 5) is 81.4. The van der Waals surface area contributed by atoms with Crippen LogP contribution in [0, 0.1) is 29.1 Å². The van der Waals surface area contributed by atoms with Crippen LogP contribution >= 0.6 is 0 Å². The zero-order valence-corrected chi connectivity index (χ0v) is 44.2. The molecule has 4 fully saturated rings. The Morgan fingerprint density at radius 3 is 2.51 bits per heavy atom. The second-order valence-corrected chi connectivity index (χ2v) is 22.9. The first kappa shape index (κ1) is 52.9. The molecule has 0 radical (unpaired) electrons. The second kappa shape index (κ2) is 21.2. The number of carbonyl (C=O) groups is 5. The number of cyclic esters (lactones) is 1. The standard InChI is InChI=1S/C56H77FN8O7/c1-11-64-45-18-17-38-29-41(45)42(49(64)40-15-12-23-58-47(40)35(2)3)32-54(6,7)34-72-52(69)43-16-13-26-65(60-43)51(68)44(30-39-33-62(38)27-28-71-39)59-50(67)48(36(4)5)61(10)53(70)56(57)22-19-37(31-56)46(66)20-21-55(8,9)63-24-14-25-63/h12,15,17-18,23,29,35-37,39,43-44,48,60H,11,13-14,16,19,22,24-28,30-34H2,1-10H3,(H,59,67)/t37?,39-,43-,44-,48-,56+/m0/s1. The Kier molecular flexibility index (Phi) is 15.6. The van der Waals surface area contributed by atoms with Crippen molar-refractivity contribution in [1.82, 2.24) is 35.1 Å². The zero-order chi connectivity index (χ0) is 51.9. The molecule has 5 aliphatic rings. The third-order valence-corrected chi connectivity index (χ3v) is 15.7. The number of likely N-dealkylation sites (tertiary alicyclic amines) is 1. The first-order chi connectivity index (χ1) is 34.1. The molecular formula is C56H77FN8O7. The maximum absolute atomic E-state index is 16.8. The van der Waals surface area contributed by atoms with Gasteiger partial charge in [0, 0.05) is 98.8 Å². The molecular weight excluding hydrogens is 916 g/mol. The lowest BCUT2D eigenvalue weighted by molar-refractivity contribution is -0.156. The van der Waals surface area contributed by atoms with E-state index in [9.17, 15) is 24.0 Å². The number of fused-ring (bicyclic) bond motifs is 6. The molecule has 1 saturated carbocycles. The maximum Gasteiger partial charge on any atom is 0.324 e. The van der Waals surface area contributed by atoms with Crippen LogP contribution in [0.2, 0.25) is 0 Å². The van der Waals surface area contributed by atoms with Gasteiger partial charge in [-0.15, -0.1) is 0 Å². The number of alkyl halides is 1. The van der Waals surface area contributed by atoms with Crippen molar-refractivity contribution in [2.45, 2.75) is 162 Å². The Morgan fingerprint density at radius 1 is 1.06 bits per heavy atom. The van der Waals surface area contributed by atoms with Gasteiger partial charge in [0.2, 0.25) is 11.7 Å². The van der Waals surface area contributed by atoms with Gasteiger partial charge in [-0.25, -0.2) is 9.82 Å². The highest BCUT2D eigenvalue weighted by atomic mass is 19.1. The molecule has 4 aliphatic heterocycles. The number of amides is 3. The van der Waals surface area contributed by atoms with E-state index in [0.717, 1.165) is 70.1 Å². The van der Waals surface area contributed by atoms with E-state index < -0.39 is 76.4 Å². The number of anilines is 1. The van der Waals surface area contributed by atoms with Gasteiger partial charge in [-0.05, 0) is 113 Å². The van der Waals surface area contributed by atoms with Gasteiger partial charge in [0.05, 0.1) is 36.2 Å². The highest BCUT2D eigenvalue weighted by Gasteiger charge is 2.51. The number of morpholine rings is 1. The molecule has 3 saturated heterocycles. The summed E-state index contributed by atoms with van der Waals surface area (Å²) in [6, 6.07) is 7.57. The van der Waals surface area contributed by atoms with Gasteiger partial charge in [-0.1, -0.05) is 47.5 Å². The van der Waals surface area contributed by atoms with Crippen LogP contribution in [0.3, 0.4) is 0 Å². The van der Waals surface area contributed by atoms with Crippen molar-refractivity contribution in [3.05, 3.63) is 47.8 Å². The van der Waals surface area contributed by atoms with Crippen molar-refractivity contribution in [1.29, 1.82) is 0 Å². The van der Waals surface area contributed by atoms with Crippen molar-refractivity contribution in [2.75, 3.05) is 57.9 Å². The predicted molar refractivity (Wildman–Crippen MR) is 275 cm³/mol. The third-order valence-electron chi connectivity index (χ3n) is 15.7. The minimum absolute atomic E-state index is 0.0836. The van der Waals surface area contributed by atoms with Crippen molar-refractivity contribution >= 4 is 46.1 Å². The number of aromatic nitrogens is 2. The number of hydrogen-bond acceptors (Lipinski definition) is 11. The first-order valence-electron chi connectivity index (χ1n) is 26.4. The SMILES string of the molecule is CCn1c(-c2cccnc2C(C)C)c2c3cc(ccc31)N1CCO[C@@H](C[C@H](NC(=O)[C@H](C(C)C)N(C)C(=O)[C@@]3(F)CCC(C(=O)C#CC(C)(C)N4CCC4)C3)C(=O)N3CCC[C@H](N3)C(=O)OCC(C)(C)C2)C1. The van der Waals surface area contributed by atoms with Gasteiger partial charge in [-0.3, -0.25) is 38.9 Å². The third kappa shape index (κ3) is 10.9. The number of aryl methyl sites for hydroxylation is 1. The summed E-state index contributed by atoms with van der Waals surface area (Å²) in [5.74, 6) is 1.96. The average Bonchev–Trinajstić information content (AvgIpc) is 3.88. The van der Waals surface area contributed by atoms with Gasteiger partial charge in [-0.2, -0.15) is 0 Å². The van der Waals surface area contributed by atoms with Crippen LogP contribution in [0.5, 0.6) is 0 Å². The number of halogens is 1. The lowest BCUT2D eigenvalue weighted by atomic mass is 9.84. The van der Waals surface area contributed by atoms with Crippen molar-refractivity contribution in [3.8, 4) is 23.1 Å². The number of hydrazine groups is 1. The highest BCUT2D eigenvalue weighted by Crippen LogP contribution is 2.43. The van der Waals surface area contributed by atoms with E-state index in [2.05, 4.69) is 95.8 Å². The van der Waals surface area contributed by atoms with Crippen LogP contribution in [0.25, 0.3) is 22.2 Å². The largest absolute Gasteiger partial charge is 0.464 e. The number of Topliss-reactive ketones (excluding diaryl/α,β-unsaturated/α-hetero) is 1. The van der Waals surface area contributed by atoms with Crippen LogP contribution in [0.15, 0.2) is 36.5 Å². The number of esters is 1. The predicted octanol–water partition coefficient (Wildman–Crippen LogP) is 6.60. The molecule has 72 heavy (non-hydrogen) atoms. The maximum atomic E-state index is 16.8. The molecule has 1 aliphatic carbocycles. The van der Waals surface area contributed by atoms with Gasteiger partial charge < -0.3 is 29.2 Å². The quantitative estimate of drug-likeness (QED) is 0.128. The molecule has 2 aromatic heterocycles. The van der Waals surface area contributed by atoms with Gasteiger partial charge in [0.1, 0.15) is 18.1 Å². The van der Waals surface area contributed by atoms with Crippen LogP contribution in [-0.2, 0) is 46.4 Å². The molecule has 16 heteroatoms. The van der Waals surface area contributed by atoms with Gasteiger partial charge in [0.15, 0.2) is 5.67 Å². The van der Waals surface area contributed by atoms with Gasteiger partial charge in [0.25, 0.3) is 11.8 Å². The fourth-order valence-electron chi connectivity index (χ4n) is 11.6.